The standard InChI is InChI=1S/C9H15N3O4S2/c1-16-4-3-10-8(13)5-7-6-17-9(11-7)12-18(2,14)15/h6H,3-5H2,1-2H3,(H,10,13)(H,11,12). The van der Waals surface area contributed by atoms with Crippen molar-refractivity contribution in [3.05, 3.63) is 11.1 Å². The van der Waals surface area contributed by atoms with E-state index in [0.717, 1.165) is 17.6 Å². The molecule has 0 spiro atoms. The minimum Gasteiger partial charge on any atom is -0.383 e. The predicted molar refractivity (Wildman–Crippen MR) is 69.2 cm³/mol. The number of carbonyl (C=O) groups is 1. The fraction of sp³-hybridized carbons (Fsp3) is 0.556. The van der Waals surface area contributed by atoms with Gasteiger partial charge >= 0.3 is 0 Å². The summed E-state index contributed by atoms with van der Waals surface area (Å²) in [4.78, 5) is 15.4. The summed E-state index contributed by atoms with van der Waals surface area (Å²) in [6.45, 7) is 0.887. The van der Waals surface area contributed by atoms with Crippen LogP contribution in [0, 0.1) is 0 Å². The number of amides is 1. The van der Waals surface area contributed by atoms with E-state index >= 15 is 0 Å². The SMILES string of the molecule is COCCNC(=O)Cc1csc(NS(C)(=O)=O)n1. The molecule has 0 unspecified atom stereocenters. The number of ether oxygens (including phenoxy) is 1. The number of anilines is 1. The van der Waals surface area contributed by atoms with Gasteiger partial charge in [0.15, 0.2) is 5.13 Å². The topological polar surface area (TPSA) is 97.4 Å². The number of nitrogens with one attached hydrogen (secondary N) is 2. The fourth-order valence-electron chi connectivity index (χ4n) is 1.11. The minimum absolute atomic E-state index is 0.117. The Morgan fingerprint density at radius 2 is 2.28 bits per heavy atom. The lowest BCUT2D eigenvalue weighted by Gasteiger charge is -2.02. The predicted octanol–water partition coefficient (Wildman–Crippen LogP) is -0.180. The van der Waals surface area contributed by atoms with Gasteiger partial charge in [-0.1, -0.05) is 0 Å². The number of hydrogen-bond acceptors (Lipinski definition) is 6. The first-order chi connectivity index (χ1) is 8.40. The van der Waals surface area contributed by atoms with Crippen LogP contribution in [0.15, 0.2) is 5.38 Å². The number of sulfonamides is 1. The van der Waals surface area contributed by atoms with Crippen LogP contribution < -0.4 is 10.0 Å². The first-order valence-corrected chi connectivity index (χ1v) is 7.85. The summed E-state index contributed by atoms with van der Waals surface area (Å²) in [7, 11) is -1.78. The summed E-state index contributed by atoms with van der Waals surface area (Å²) in [6, 6.07) is 0. The van der Waals surface area contributed by atoms with E-state index in [2.05, 4.69) is 15.0 Å². The van der Waals surface area contributed by atoms with Crippen LogP contribution >= 0.6 is 11.3 Å². The Bertz CT molecular complexity index is 498. The van der Waals surface area contributed by atoms with E-state index in [-0.39, 0.29) is 17.5 Å². The van der Waals surface area contributed by atoms with Crippen molar-refractivity contribution in [2.75, 3.05) is 31.2 Å². The Morgan fingerprint density at radius 3 is 2.89 bits per heavy atom. The smallest absolute Gasteiger partial charge is 0.231 e. The number of rotatable bonds is 7. The number of methoxy groups -OCH3 is 1. The lowest BCUT2D eigenvalue weighted by Crippen LogP contribution is -2.28. The molecule has 0 saturated carbocycles. The number of nitrogens with zero attached hydrogens (tertiary/aromatic N) is 1. The van der Waals surface area contributed by atoms with Crippen LogP contribution in [-0.2, 0) is 26.0 Å². The molecule has 0 aromatic carbocycles. The molecule has 1 amide bonds. The molecule has 9 heteroatoms. The first-order valence-electron chi connectivity index (χ1n) is 5.08. The van der Waals surface area contributed by atoms with Gasteiger partial charge in [0.1, 0.15) is 0 Å². The van der Waals surface area contributed by atoms with Gasteiger partial charge in [0.05, 0.1) is 25.0 Å². The van der Waals surface area contributed by atoms with Gasteiger partial charge in [0, 0.05) is 19.0 Å². The molecule has 0 bridgehead atoms. The maximum absolute atomic E-state index is 11.4. The number of hydrogen-bond donors (Lipinski definition) is 2. The molecule has 102 valence electrons. The van der Waals surface area contributed by atoms with Gasteiger partial charge < -0.3 is 10.1 Å². The van der Waals surface area contributed by atoms with Gasteiger partial charge in [-0.15, -0.1) is 11.3 Å². The Hall–Kier alpha value is -1.19. The van der Waals surface area contributed by atoms with E-state index in [9.17, 15) is 13.2 Å². The molecule has 18 heavy (non-hydrogen) atoms. The lowest BCUT2D eigenvalue weighted by atomic mass is 10.3. The molecule has 0 aliphatic heterocycles. The molecule has 1 aromatic heterocycles. The monoisotopic (exact) mass is 293 g/mol. The van der Waals surface area contributed by atoms with Gasteiger partial charge in [-0.2, -0.15) is 0 Å². The minimum atomic E-state index is -3.33. The molecular weight excluding hydrogens is 278 g/mol. The molecule has 2 N–H and O–H groups in total. The van der Waals surface area contributed by atoms with Crippen LogP contribution in [0.4, 0.5) is 5.13 Å². The summed E-state index contributed by atoms with van der Waals surface area (Å²) in [6.07, 6.45) is 1.16. The van der Waals surface area contributed by atoms with Crippen LogP contribution in [0.25, 0.3) is 0 Å². The van der Waals surface area contributed by atoms with Gasteiger partial charge in [0.25, 0.3) is 0 Å². The molecule has 7 nitrogen and oxygen atoms in total. The van der Waals surface area contributed by atoms with E-state index in [1.54, 1.807) is 12.5 Å². The van der Waals surface area contributed by atoms with Crippen LogP contribution in [0.3, 0.4) is 0 Å². The van der Waals surface area contributed by atoms with Crippen LogP contribution in [-0.4, -0.2) is 45.8 Å². The molecule has 0 atom stereocenters. The molecule has 1 aromatic rings. The Kier molecular flexibility index (Phi) is 5.51. The molecule has 1 heterocycles. The second-order valence-electron chi connectivity index (χ2n) is 3.54. The number of carbonyl (C=O) groups excluding carboxylic acids is 1. The average molecular weight is 293 g/mol. The zero-order valence-corrected chi connectivity index (χ0v) is 11.7. The highest BCUT2D eigenvalue weighted by Crippen LogP contribution is 2.16. The highest BCUT2D eigenvalue weighted by Gasteiger charge is 2.09. The van der Waals surface area contributed by atoms with E-state index in [4.69, 9.17) is 4.74 Å². The normalized spacial score (nSPS) is 11.2. The van der Waals surface area contributed by atoms with Crippen molar-refractivity contribution in [3.8, 4) is 0 Å². The first kappa shape index (κ1) is 14.9. The van der Waals surface area contributed by atoms with Gasteiger partial charge in [-0.3, -0.25) is 9.52 Å². The molecular formula is C9H15N3O4S2. The van der Waals surface area contributed by atoms with Crippen molar-refractivity contribution in [2.45, 2.75) is 6.42 Å². The molecule has 0 aliphatic carbocycles. The summed E-state index contributed by atoms with van der Waals surface area (Å²) in [5.41, 5.74) is 0.529. The summed E-state index contributed by atoms with van der Waals surface area (Å²) in [5.74, 6) is -0.178. The number of thiazole rings is 1. The summed E-state index contributed by atoms with van der Waals surface area (Å²) in [5, 5.41) is 4.56. The molecule has 0 radical (unpaired) electrons. The Morgan fingerprint density at radius 1 is 1.56 bits per heavy atom. The average Bonchev–Trinajstić information content (AvgIpc) is 2.63. The zero-order valence-electron chi connectivity index (χ0n) is 10.1. The summed E-state index contributed by atoms with van der Waals surface area (Å²) < 4.78 is 29.0. The lowest BCUT2D eigenvalue weighted by molar-refractivity contribution is -0.120. The van der Waals surface area contributed by atoms with E-state index in [1.165, 1.54) is 0 Å². The highest BCUT2D eigenvalue weighted by molar-refractivity contribution is 7.92. The quantitative estimate of drug-likeness (QED) is 0.680. The van der Waals surface area contributed by atoms with Crippen molar-refractivity contribution in [1.29, 1.82) is 0 Å². The third-order valence-corrected chi connectivity index (χ3v) is 3.29. The van der Waals surface area contributed by atoms with Gasteiger partial charge in [-0.25, -0.2) is 13.4 Å². The van der Waals surface area contributed by atoms with Crippen molar-refractivity contribution in [2.24, 2.45) is 0 Å². The maximum Gasteiger partial charge on any atom is 0.231 e. The highest BCUT2D eigenvalue weighted by atomic mass is 32.2. The Balaban J connectivity index is 2.46. The molecule has 0 saturated heterocycles. The van der Waals surface area contributed by atoms with Crippen molar-refractivity contribution in [1.82, 2.24) is 10.3 Å². The molecule has 0 aliphatic rings. The van der Waals surface area contributed by atoms with E-state index in [0.29, 0.717) is 18.8 Å². The van der Waals surface area contributed by atoms with Crippen LogP contribution in [0.2, 0.25) is 0 Å². The van der Waals surface area contributed by atoms with Crippen molar-refractivity contribution in [3.63, 3.8) is 0 Å². The maximum atomic E-state index is 11.4. The zero-order chi connectivity index (χ0) is 13.6. The van der Waals surface area contributed by atoms with E-state index in [1.807, 2.05) is 0 Å². The van der Waals surface area contributed by atoms with E-state index < -0.39 is 10.0 Å². The third kappa shape index (κ3) is 5.94. The second-order valence-corrected chi connectivity index (χ2v) is 6.14. The van der Waals surface area contributed by atoms with Crippen LogP contribution in [0.1, 0.15) is 5.69 Å². The second kappa shape index (κ2) is 6.66. The van der Waals surface area contributed by atoms with Gasteiger partial charge in [0.2, 0.25) is 15.9 Å². The largest absolute Gasteiger partial charge is 0.383 e. The van der Waals surface area contributed by atoms with Crippen molar-refractivity contribution < 1.29 is 17.9 Å². The third-order valence-electron chi connectivity index (χ3n) is 1.79. The fourth-order valence-corrected chi connectivity index (χ4v) is 2.68. The summed E-state index contributed by atoms with van der Waals surface area (Å²) >= 11 is 1.14. The number of aromatic nitrogens is 1. The molecule has 0 fully saturated rings. The molecule has 1 rings (SSSR count). The van der Waals surface area contributed by atoms with Gasteiger partial charge in [-0.05, 0) is 0 Å². The van der Waals surface area contributed by atoms with Crippen molar-refractivity contribution >= 4 is 32.4 Å². The Labute approximate surface area is 110 Å². The van der Waals surface area contributed by atoms with Crippen LogP contribution in [0.5, 0.6) is 0 Å².